The maximum Gasteiger partial charge on any atom is -0.00923 e. The van der Waals surface area contributed by atoms with Gasteiger partial charge in [-0.2, -0.15) is 0 Å². The lowest BCUT2D eigenvalue weighted by Gasteiger charge is -2.17. The third-order valence-electron chi connectivity index (χ3n) is 9.22. The molecular formula is C44H28. The van der Waals surface area contributed by atoms with Gasteiger partial charge >= 0.3 is 0 Å². The van der Waals surface area contributed by atoms with Crippen LogP contribution in [0.2, 0.25) is 0 Å². The van der Waals surface area contributed by atoms with Crippen molar-refractivity contribution >= 4 is 53.9 Å². The molecule has 0 unspecified atom stereocenters. The van der Waals surface area contributed by atoms with Crippen molar-refractivity contribution in [3.63, 3.8) is 0 Å². The average Bonchev–Trinajstić information content (AvgIpc) is 3.11. The van der Waals surface area contributed by atoms with Gasteiger partial charge in [0.05, 0.1) is 0 Å². The number of rotatable bonds is 3. The third kappa shape index (κ3) is 3.85. The molecule has 0 fully saturated rings. The van der Waals surface area contributed by atoms with Crippen LogP contribution in [0.3, 0.4) is 0 Å². The Bertz CT molecular complexity index is 2540. The number of benzene rings is 9. The largest absolute Gasteiger partial charge is 0.0622 e. The van der Waals surface area contributed by atoms with Gasteiger partial charge < -0.3 is 0 Å². The van der Waals surface area contributed by atoms with Crippen molar-refractivity contribution in [1.29, 1.82) is 0 Å². The Morgan fingerprint density at radius 2 is 0.591 bits per heavy atom. The van der Waals surface area contributed by atoms with Gasteiger partial charge in [0.25, 0.3) is 0 Å². The highest BCUT2D eigenvalue weighted by atomic mass is 14.2. The predicted molar refractivity (Wildman–Crippen MR) is 190 cm³/mol. The lowest BCUT2D eigenvalue weighted by molar-refractivity contribution is 1.64. The van der Waals surface area contributed by atoms with Gasteiger partial charge in [0.15, 0.2) is 0 Å². The molecule has 0 amide bonds. The van der Waals surface area contributed by atoms with Crippen LogP contribution in [-0.4, -0.2) is 0 Å². The second kappa shape index (κ2) is 9.93. The second-order valence-corrected chi connectivity index (χ2v) is 11.7. The molecule has 0 aliphatic heterocycles. The summed E-state index contributed by atoms with van der Waals surface area (Å²) in [5, 5.41) is 12.8. The maximum atomic E-state index is 2.42. The molecule has 0 aliphatic rings. The summed E-state index contributed by atoms with van der Waals surface area (Å²) in [4.78, 5) is 0. The van der Waals surface area contributed by atoms with E-state index in [1.54, 1.807) is 0 Å². The van der Waals surface area contributed by atoms with E-state index in [2.05, 4.69) is 170 Å². The van der Waals surface area contributed by atoms with Crippen molar-refractivity contribution in [3.8, 4) is 33.4 Å². The molecule has 0 radical (unpaired) electrons. The summed E-state index contributed by atoms with van der Waals surface area (Å²) in [5.74, 6) is 0. The van der Waals surface area contributed by atoms with E-state index in [0.717, 1.165) is 0 Å². The fourth-order valence-corrected chi connectivity index (χ4v) is 7.19. The van der Waals surface area contributed by atoms with E-state index in [0.29, 0.717) is 0 Å². The standard InChI is InChI=1S/C44H28/c1-2-13-29(14-3-1)41-27-43-39-24-11-9-22-37(39)42(28-44(43)38-23-10-8-21-36(38)41)31-17-12-16-30(25-31)40-26-32-15-4-5-18-33(32)34-19-6-7-20-35(34)40/h1-28H. The minimum Gasteiger partial charge on any atom is -0.0622 e. The molecule has 9 aromatic carbocycles. The van der Waals surface area contributed by atoms with Crippen LogP contribution < -0.4 is 0 Å². The Morgan fingerprint density at radius 1 is 0.205 bits per heavy atom. The molecule has 204 valence electrons. The first-order chi connectivity index (χ1) is 21.8. The highest BCUT2D eigenvalue weighted by molar-refractivity contribution is 6.24. The molecule has 0 N–H and O–H groups in total. The highest BCUT2D eigenvalue weighted by Gasteiger charge is 2.15. The first-order valence-electron chi connectivity index (χ1n) is 15.3. The average molecular weight is 557 g/mol. The first-order valence-corrected chi connectivity index (χ1v) is 15.3. The van der Waals surface area contributed by atoms with E-state index in [1.165, 1.54) is 87.2 Å². The van der Waals surface area contributed by atoms with E-state index < -0.39 is 0 Å². The molecule has 44 heavy (non-hydrogen) atoms. The monoisotopic (exact) mass is 556 g/mol. The van der Waals surface area contributed by atoms with Crippen LogP contribution in [-0.2, 0) is 0 Å². The van der Waals surface area contributed by atoms with Crippen LogP contribution in [0.15, 0.2) is 170 Å². The van der Waals surface area contributed by atoms with Gasteiger partial charge in [-0.3, -0.25) is 0 Å². The zero-order valence-corrected chi connectivity index (χ0v) is 24.2. The van der Waals surface area contributed by atoms with Crippen LogP contribution in [0.1, 0.15) is 0 Å². The van der Waals surface area contributed by atoms with E-state index in [1.807, 2.05) is 0 Å². The summed E-state index contributed by atoms with van der Waals surface area (Å²) in [5.41, 5.74) is 7.51. The molecule has 0 aromatic heterocycles. The Morgan fingerprint density at radius 3 is 1.16 bits per heavy atom. The van der Waals surface area contributed by atoms with Crippen LogP contribution in [0, 0.1) is 0 Å². The van der Waals surface area contributed by atoms with Gasteiger partial charge in [-0.1, -0.05) is 146 Å². The molecule has 0 heteroatoms. The van der Waals surface area contributed by atoms with Crippen LogP contribution in [0.5, 0.6) is 0 Å². The fourth-order valence-electron chi connectivity index (χ4n) is 7.19. The number of fused-ring (bicyclic) bond motifs is 8. The topological polar surface area (TPSA) is 0 Å². The van der Waals surface area contributed by atoms with Crippen LogP contribution in [0.25, 0.3) is 87.2 Å². The molecule has 0 saturated heterocycles. The molecule has 0 saturated carbocycles. The van der Waals surface area contributed by atoms with Gasteiger partial charge in [0.1, 0.15) is 0 Å². The van der Waals surface area contributed by atoms with Gasteiger partial charge in [-0.25, -0.2) is 0 Å². The molecule has 0 spiro atoms. The second-order valence-electron chi connectivity index (χ2n) is 11.7. The number of hydrogen-bond acceptors (Lipinski definition) is 0. The zero-order valence-electron chi connectivity index (χ0n) is 24.2. The Labute approximate surface area is 256 Å². The summed E-state index contributed by atoms with van der Waals surface area (Å²) in [6, 6.07) is 62.3. The maximum absolute atomic E-state index is 2.42. The first kappa shape index (κ1) is 24.8. The minimum atomic E-state index is 1.23. The number of hydrogen-bond donors (Lipinski definition) is 0. The highest BCUT2D eigenvalue weighted by Crippen LogP contribution is 2.43. The molecule has 9 rings (SSSR count). The van der Waals surface area contributed by atoms with Crippen molar-refractivity contribution in [2.45, 2.75) is 0 Å². The summed E-state index contributed by atoms with van der Waals surface area (Å²) < 4.78 is 0. The smallest absolute Gasteiger partial charge is 0.00923 e. The minimum absolute atomic E-state index is 1.23. The van der Waals surface area contributed by atoms with E-state index in [4.69, 9.17) is 0 Å². The Balaban J connectivity index is 1.32. The lowest BCUT2D eigenvalue weighted by atomic mass is 9.87. The van der Waals surface area contributed by atoms with Crippen molar-refractivity contribution in [1.82, 2.24) is 0 Å². The van der Waals surface area contributed by atoms with Crippen molar-refractivity contribution in [3.05, 3.63) is 170 Å². The molecule has 0 atom stereocenters. The molecule has 9 aromatic rings. The summed E-state index contributed by atoms with van der Waals surface area (Å²) >= 11 is 0. The van der Waals surface area contributed by atoms with Gasteiger partial charge in [-0.05, 0) is 112 Å². The SMILES string of the molecule is c1ccc(-c2cc3c4ccccc4c(-c4cccc(-c5cc6ccccc6c6ccccc56)c4)cc3c3ccccc23)cc1. The van der Waals surface area contributed by atoms with Crippen molar-refractivity contribution in [2.75, 3.05) is 0 Å². The van der Waals surface area contributed by atoms with E-state index >= 15 is 0 Å². The quantitative estimate of drug-likeness (QED) is 0.190. The van der Waals surface area contributed by atoms with Gasteiger partial charge in [-0.15, -0.1) is 0 Å². The summed E-state index contributed by atoms with van der Waals surface area (Å²) in [6.45, 7) is 0. The molecule has 0 heterocycles. The zero-order chi connectivity index (χ0) is 29.0. The Hall–Kier alpha value is -5.72. The third-order valence-corrected chi connectivity index (χ3v) is 9.22. The summed E-state index contributed by atoms with van der Waals surface area (Å²) in [6.07, 6.45) is 0. The predicted octanol–water partition coefficient (Wildman–Crippen LogP) is 12.5. The normalized spacial score (nSPS) is 11.6. The van der Waals surface area contributed by atoms with Gasteiger partial charge in [0.2, 0.25) is 0 Å². The molecule has 0 bridgehead atoms. The molecule has 0 aliphatic carbocycles. The lowest BCUT2D eigenvalue weighted by Crippen LogP contribution is -1.90. The Kier molecular flexibility index (Phi) is 5.61. The summed E-state index contributed by atoms with van der Waals surface area (Å²) in [7, 11) is 0. The van der Waals surface area contributed by atoms with Crippen molar-refractivity contribution in [2.24, 2.45) is 0 Å². The van der Waals surface area contributed by atoms with E-state index in [-0.39, 0.29) is 0 Å². The van der Waals surface area contributed by atoms with Crippen molar-refractivity contribution < 1.29 is 0 Å². The fraction of sp³-hybridized carbons (Fsp3) is 0. The van der Waals surface area contributed by atoms with Crippen LogP contribution in [0.4, 0.5) is 0 Å². The van der Waals surface area contributed by atoms with Crippen LogP contribution >= 0.6 is 0 Å². The molecule has 0 nitrogen and oxygen atoms in total. The molecular weight excluding hydrogens is 528 g/mol. The van der Waals surface area contributed by atoms with E-state index in [9.17, 15) is 0 Å². The van der Waals surface area contributed by atoms with Gasteiger partial charge in [0, 0.05) is 0 Å².